The van der Waals surface area contributed by atoms with Gasteiger partial charge in [0.1, 0.15) is 24.5 Å². The van der Waals surface area contributed by atoms with Crippen molar-refractivity contribution >= 4 is 29.7 Å². The van der Waals surface area contributed by atoms with E-state index in [0.29, 0.717) is 60.9 Å². The lowest BCUT2D eigenvalue weighted by atomic mass is 9.94. The Morgan fingerprint density at radius 1 is 1.02 bits per heavy atom. The minimum Gasteiger partial charge on any atom is -0.496 e. The number of amides is 1. The average Bonchev–Trinajstić information content (AvgIpc) is 3.47. The number of benzene rings is 2. The molecule has 0 bridgehead atoms. The summed E-state index contributed by atoms with van der Waals surface area (Å²) in [6.45, 7) is 11.9. The molecule has 254 valence electrons. The van der Waals surface area contributed by atoms with E-state index in [9.17, 15) is 19.2 Å². The minimum absolute atomic E-state index is 0.0382. The Bertz CT molecular complexity index is 1480. The molecule has 0 atom stereocenters. The topological polar surface area (TPSA) is 130 Å². The van der Waals surface area contributed by atoms with Crippen LogP contribution in [0.3, 0.4) is 0 Å². The minimum atomic E-state index is -0.717. The summed E-state index contributed by atoms with van der Waals surface area (Å²) in [6, 6.07) is 6.41. The third-order valence-corrected chi connectivity index (χ3v) is 8.19. The van der Waals surface area contributed by atoms with Crippen LogP contribution in [0.15, 0.2) is 35.9 Å². The molecule has 47 heavy (non-hydrogen) atoms. The van der Waals surface area contributed by atoms with E-state index in [1.807, 2.05) is 19.9 Å². The number of morpholine rings is 1. The number of methoxy groups -OCH3 is 1. The third kappa shape index (κ3) is 8.89. The number of ether oxygens (including phenoxy) is 6. The molecule has 0 radical (unpaired) electrons. The molecule has 0 saturated carbocycles. The highest BCUT2D eigenvalue weighted by Gasteiger charge is 2.35. The van der Waals surface area contributed by atoms with Crippen LogP contribution in [0.4, 0.5) is 10.5 Å². The van der Waals surface area contributed by atoms with Gasteiger partial charge < -0.3 is 28.4 Å². The quantitative estimate of drug-likeness (QED) is 0.155. The zero-order chi connectivity index (χ0) is 33.9. The molecular weight excluding hydrogens is 608 g/mol. The lowest BCUT2D eigenvalue weighted by molar-refractivity contribution is -0.144. The summed E-state index contributed by atoms with van der Waals surface area (Å²) in [5, 5.41) is 0. The number of carbonyl (C=O) groups excluding carboxylic acids is 4. The maximum absolute atomic E-state index is 13.7. The van der Waals surface area contributed by atoms with Gasteiger partial charge in [-0.3, -0.25) is 14.6 Å². The number of carbonyl (C=O) groups is 4. The van der Waals surface area contributed by atoms with E-state index in [-0.39, 0.29) is 49.9 Å². The van der Waals surface area contributed by atoms with Gasteiger partial charge in [0.2, 0.25) is 0 Å². The van der Waals surface area contributed by atoms with E-state index in [0.717, 1.165) is 24.2 Å². The maximum Gasteiger partial charge on any atom is 0.419 e. The van der Waals surface area contributed by atoms with Crippen LogP contribution in [-0.4, -0.2) is 88.6 Å². The predicted molar refractivity (Wildman–Crippen MR) is 173 cm³/mol. The first-order valence-electron chi connectivity index (χ1n) is 16.0. The van der Waals surface area contributed by atoms with Gasteiger partial charge >= 0.3 is 24.0 Å². The van der Waals surface area contributed by atoms with Crippen molar-refractivity contribution in [3.05, 3.63) is 63.7 Å². The summed E-state index contributed by atoms with van der Waals surface area (Å²) in [4.78, 5) is 54.7. The number of hydrogen-bond donors (Lipinski definition) is 0. The fourth-order valence-corrected chi connectivity index (χ4v) is 5.54. The number of allylic oxidation sites excluding steroid dienone is 2. The zero-order valence-electron chi connectivity index (χ0n) is 27.8. The van der Waals surface area contributed by atoms with Gasteiger partial charge in [0, 0.05) is 49.4 Å². The maximum atomic E-state index is 13.7. The zero-order valence-corrected chi connectivity index (χ0v) is 27.8. The van der Waals surface area contributed by atoms with Crippen LogP contribution in [0, 0.1) is 6.92 Å². The van der Waals surface area contributed by atoms with E-state index in [1.165, 1.54) is 12.0 Å². The standard InChI is InChI=1S/C35H44N2O10/c1-6-37(26-12-10-25(11-13-26)33(39)44-7-2)35(41)47-32-27(31(42-5)24(4)28-22-46-34(40)30(28)32)14-8-23(3)9-15-29(38)45-21-18-36-16-19-43-20-17-36/h8,10-13H,6-7,9,14-22H2,1-5H3. The van der Waals surface area contributed by atoms with Crippen LogP contribution >= 0.6 is 0 Å². The summed E-state index contributed by atoms with van der Waals surface area (Å²) in [5.74, 6) is -0.762. The van der Waals surface area contributed by atoms with Crippen LogP contribution in [0.2, 0.25) is 0 Å². The number of cyclic esters (lactones) is 1. The predicted octanol–water partition coefficient (Wildman–Crippen LogP) is 5.02. The molecule has 1 fully saturated rings. The van der Waals surface area contributed by atoms with Gasteiger partial charge in [-0.2, -0.15) is 0 Å². The van der Waals surface area contributed by atoms with Crippen molar-refractivity contribution in [2.45, 2.75) is 53.6 Å². The average molecular weight is 653 g/mol. The number of rotatable bonds is 14. The fraction of sp³-hybridized carbons (Fsp3) is 0.486. The van der Waals surface area contributed by atoms with Gasteiger partial charge in [0.05, 0.1) is 32.5 Å². The number of fused-ring (bicyclic) bond motifs is 1. The van der Waals surface area contributed by atoms with Crippen LogP contribution in [0.1, 0.15) is 71.0 Å². The second kappa shape index (κ2) is 16.9. The molecule has 0 aliphatic carbocycles. The molecule has 1 amide bonds. The normalized spacial score (nSPS) is 14.7. The van der Waals surface area contributed by atoms with Crippen LogP contribution in [-0.2, 0) is 36.8 Å². The Hall–Kier alpha value is -4.42. The fourth-order valence-electron chi connectivity index (χ4n) is 5.54. The van der Waals surface area contributed by atoms with E-state index < -0.39 is 18.0 Å². The molecule has 1 saturated heterocycles. The Morgan fingerprint density at radius 2 is 1.74 bits per heavy atom. The molecular formula is C35H44N2O10. The van der Waals surface area contributed by atoms with Crippen LogP contribution in [0.5, 0.6) is 11.5 Å². The Labute approximate surface area is 275 Å². The lowest BCUT2D eigenvalue weighted by Crippen LogP contribution is -2.38. The summed E-state index contributed by atoms with van der Waals surface area (Å²) in [7, 11) is 1.52. The molecule has 0 N–H and O–H groups in total. The Kier molecular flexibility index (Phi) is 12.8. The first-order chi connectivity index (χ1) is 22.7. The van der Waals surface area contributed by atoms with E-state index in [2.05, 4.69) is 4.90 Å². The third-order valence-electron chi connectivity index (χ3n) is 8.19. The second-order valence-electron chi connectivity index (χ2n) is 11.2. The van der Waals surface area contributed by atoms with Gasteiger partial charge in [-0.05, 0) is 70.4 Å². The van der Waals surface area contributed by atoms with Crippen LogP contribution < -0.4 is 14.4 Å². The first kappa shape index (κ1) is 35.4. The summed E-state index contributed by atoms with van der Waals surface area (Å²) < 4.78 is 33.0. The van der Waals surface area contributed by atoms with Crippen molar-refractivity contribution in [3.8, 4) is 11.5 Å². The van der Waals surface area contributed by atoms with Crippen molar-refractivity contribution in [3.63, 3.8) is 0 Å². The SMILES string of the molecule is CCOC(=O)c1ccc(N(CC)C(=O)Oc2c(CC=C(C)CCC(=O)OCCN3CCOCC3)c(OC)c(C)c3c2C(=O)OC3)cc1. The molecule has 12 heteroatoms. The first-order valence-corrected chi connectivity index (χ1v) is 16.0. The van der Waals surface area contributed by atoms with E-state index >= 15 is 0 Å². The van der Waals surface area contributed by atoms with Gasteiger partial charge in [-0.15, -0.1) is 0 Å². The highest BCUT2D eigenvalue weighted by molar-refractivity contribution is 6.00. The van der Waals surface area contributed by atoms with Gasteiger partial charge in [0.25, 0.3) is 0 Å². The molecule has 2 aliphatic heterocycles. The number of esters is 3. The largest absolute Gasteiger partial charge is 0.496 e. The summed E-state index contributed by atoms with van der Waals surface area (Å²) in [6.07, 6.45) is 2.18. The Morgan fingerprint density at radius 3 is 2.40 bits per heavy atom. The van der Waals surface area contributed by atoms with Gasteiger partial charge in [-0.25, -0.2) is 14.4 Å². The molecule has 2 heterocycles. The van der Waals surface area contributed by atoms with E-state index in [4.69, 9.17) is 28.4 Å². The second-order valence-corrected chi connectivity index (χ2v) is 11.2. The highest BCUT2D eigenvalue weighted by Crippen LogP contribution is 2.43. The van der Waals surface area contributed by atoms with Gasteiger partial charge in [-0.1, -0.05) is 11.6 Å². The smallest absolute Gasteiger partial charge is 0.419 e. The monoisotopic (exact) mass is 652 g/mol. The highest BCUT2D eigenvalue weighted by atomic mass is 16.6. The van der Waals surface area contributed by atoms with Gasteiger partial charge in [0.15, 0.2) is 5.75 Å². The molecule has 0 aromatic heterocycles. The molecule has 12 nitrogen and oxygen atoms in total. The van der Waals surface area contributed by atoms with E-state index in [1.54, 1.807) is 38.1 Å². The molecule has 4 rings (SSSR count). The van der Waals surface area contributed by atoms with Crippen molar-refractivity contribution in [2.24, 2.45) is 0 Å². The molecule has 0 unspecified atom stereocenters. The van der Waals surface area contributed by atoms with Crippen molar-refractivity contribution in [1.82, 2.24) is 4.90 Å². The number of hydrogen-bond acceptors (Lipinski definition) is 11. The van der Waals surface area contributed by atoms with Crippen molar-refractivity contribution in [1.29, 1.82) is 0 Å². The summed E-state index contributed by atoms with van der Waals surface area (Å²) >= 11 is 0. The molecule has 0 spiro atoms. The Balaban J connectivity index is 1.51. The summed E-state index contributed by atoms with van der Waals surface area (Å²) in [5.41, 5.74) is 3.80. The number of anilines is 1. The van der Waals surface area contributed by atoms with Crippen LogP contribution in [0.25, 0.3) is 0 Å². The molecule has 2 aromatic carbocycles. The lowest BCUT2D eigenvalue weighted by Gasteiger charge is -2.26. The van der Waals surface area contributed by atoms with Crippen molar-refractivity contribution < 1.29 is 47.6 Å². The van der Waals surface area contributed by atoms with Crippen molar-refractivity contribution in [2.75, 3.05) is 64.6 Å². The molecule has 2 aliphatic rings. The molecule has 2 aromatic rings. The number of nitrogens with zero attached hydrogens (tertiary/aromatic N) is 2.